The van der Waals surface area contributed by atoms with E-state index in [1.165, 1.54) is 0 Å². The van der Waals surface area contributed by atoms with Gasteiger partial charge in [0.05, 0.1) is 30.0 Å². The molecule has 0 saturated carbocycles. The van der Waals surface area contributed by atoms with E-state index >= 15 is 0 Å². The summed E-state index contributed by atoms with van der Waals surface area (Å²) in [5.74, 6) is -0.872. The fourth-order valence-electron chi connectivity index (χ4n) is 3.33. The van der Waals surface area contributed by atoms with Gasteiger partial charge in [0, 0.05) is 24.7 Å². The van der Waals surface area contributed by atoms with Crippen LogP contribution >= 0.6 is 0 Å². The molecule has 27 heavy (non-hydrogen) atoms. The molecular weight excluding hydrogens is 346 g/mol. The maximum absolute atomic E-state index is 12.6. The SMILES string of the molecule is O=C(CC1COCCN1)Nc1cccc(N2C(=O)c3ccccc3C2=O)c1. The van der Waals surface area contributed by atoms with Crippen LogP contribution in [-0.2, 0) is 9.53 Å². The second kappa shape index (κ2) is 7.30. The summed E-state index contributed by atoms with van der Waals surface area (Å²) in [6, 6.07) is 13.5. The third kappa shape index (κ3) is 3.47. The van der Waals surface area contributed by atoms with Gasteiger partial charge in [-0.3, -0.25) is 14.4 Å². The van der Waals surface area contributed by atoms with Gasteiger partial charge in [-0.2, -0.15) is 0 Å². The van der Waals surface area contributed by atoms with E-state index in [-0.39, 0.29) is 30.2 Å². The third-order valence-corrected chi connectivity index (χ3v) is 4.61. The molecule has 0 aliphatic carbocycles. The summed E-state index contributed by atoms with van der Waals surface area (Å²) in [5, 5.41) is 6.05. The number of amides is 3. The van der Waals surface area contributed by atoms with Crippen molar-refractivity contribution < 1.29 is 19.1 Å². The number of rotatable bonds is 4. The van der Waals surface area contributed by atoms with E-state index in [1.54, 1.807) is 48.5 Å². The zero-order valence-electron chi connectivity index (χ0n) is 14.6. The van der Waals surface area contributed by atoms with Gasteiger partial charge in [-0.25, -0.2) is 4.90 Å². The lowest BCUT2D eigenvalue weighted by Gasteiger charge is -2.23. The fraction of sp³-hybridized carbons (Fsp3) is 0.250. The molecule has 0 aromatic heterocycles. The molecule has 1 atom stereocenters. The number of nitrogens with zero attached hydrogens (tertiary/aromatic N) is 1. The van der Waals surface area contributed by atoms with Crippen molar-refractivity contribution in [1.29, 1.82) is 0 Å². The molecule has 2 aromatic carbocycles. The minimum absolute atomic E-state index is 0.0156. The number of fused-ring (bicyclic) bond motifs is 1. The highest BCUT2D eigenvalue weighted by molar-refractivity contribution is 6.34. The highest BCUT2D eigenvalue weighted by Gasteiger charge is 2.36. The van der Waals surface area contributed by atoms with Crippen molar-refractivity contribution in [3.63, 3.8) is 0 Å². The van der Waals surface area contributed by atoms with Crippen LogP contribution in [0.5, 0.6) is 0 Å². The zero-order chi connectivity index (χ0) is 18.8. The number of hydrogen-bond acceptors (Lipinski definition) is 5. The van der Waals surface area contributed by atoms with Crippen LogP contribution in [0.2, 0.25) is 0 Å². The predicted molar refractivity (Wildman–Crippen MR) is 99.9 cm³/mol. The predicted octanol–water partition coefficient (Wildman–Crippen LogP) is 1.80. The van der Waals surface area contributed by atoms with Gasteiger partial charge in [0.15, 0.2) is 0 Å². The van der Waals surface area contributed by atoms with Crippen LogP contribution in [0, 0.1) is 0 Å². The van der Waals surface area contributed by atoms with E-state index in [0.29, 0.717) is 35.7 Å². The summed E-state index contributed by atoms with van der Waals surface area (Å²) in [6.07, 6.45) is 0.289. The fourth-order valence-corrected chi connectivity index (χ4v) is 3.33. The Hall–Kier alpha value is -3.03. The number of nitrogens with one attached hydrogen (secondary N) is 2. The number of carbonyl (C=O) groups is 3. The molecule has 1 fully saturated rings. The highest BCUT2D eigenvalue weighted by atomic mass is 16.5. The standard InChI is InChI=1S/C20H19N3O4/c24-18(11-14-12-27-9-8-21-14)22-13-4-3-5-15(10-13)23-19(25)16-6-1-2-7-17(16)20(23)26/h1-7,10,14,21H,8-9,11-12H2,(H,22,24). The van der Waals surface area contributed by atoms with E-state index in [2.05, 4.69) is 10.6 Å². The molecule has 0 radical (unpaired) electrons. The van der Waals surface area contributed by atoms with Crippen molar-refractivity contribution >= 4 is 29.1 Å². The third-order valence-electron chi connectivity index (χ3n) is 4.61. The quantitative estimate of drug-likeness (QED) is 0.807. The average Bonchev–Trinajstić information content (AvgIpc) is 2.94. The van der Waals surface area contributed by atoms with Crippen LogP contribution in [-0.4, -0.2) is 43.5 Å². The minimum atomic E-state index is -0.359. The van der Waals surface area contributed by atoms with Crippen LogP contribution in [0.4, 0.5) is 11.4 Å². The number of hydrogen-bond donors (Lipinski definition) is 2. The summed E-state index contributed by atoms with van der Waals surface area (Å²) in [6.45, 7) is 1.89. The molecule has 2 aromatic rings. The molecule has 3 amide bonds. The highest BCUT2D eigenvalue weighted by Crippen LogP contribution is 2.29. The monoisotopic (exact) mass is 365 g/mol. The average molecular weight is 365 g/mol. The number of imide groups is 1. The second-order valence-electron chi connectivity index (χ2n) is 6.52. The van der Waals surface area contributed by atoms with E-state index < -0.39 is 0 Å². The number of carbonyl (C=O) groups excluding carboxylic acids is 3. The van der Waals surface area contributed by atoms with E-state index in [0.717, 1.165) is 11.4 Å². The zero-order valence-corrected chi connectivity index (χ0v) is 14.6. The van der Waals surface area contributed by atoms with E-state index in [4.69, 9.17) is 4.74 Å². The van der Waals surface area contributed by atoms with Crippen LogP contribution in [0.3, 0.4) is 0 Å². The molecule has 7 heteroatoms. The Morgan fingerprint density at radius 2 is 1.85 bits per heavy atom. The molecular formula is C20H19N3O4. The van der Waals surface area contributed by atoms with Crippen LogP contribution < -0.4 is 15.5 Å². The topological polar surface area (TPSA) is 87.7 Å². The molecule has 0 spiro atoms. The van der Waals surface area contributed by atoms with Crippen molar-refractivity contribution in [2.24, 2.45) is 0 Å². The lowest BCUT2D eigenvalue weighted by Crippen LogP contribution is -2.43. The summed E-state index contributed by atoms with van der Waals surface area (Å²) >= 11 is 0. The molecule has 1 unspecified atom stereocenters. The summed E-state index contributed by atoms with van der Waals surface area (Å²) in [5.41, 5.74) is 1.74. The Morgan fingerprint density at radius 3 is 2.52 bits per heavy atom. The molecule has 2 aliphatic rings. The van der Waals surface area contributed by atoms with Crippen LogP contribution in [0.1, 0.15) is 27.1 Å². The smallest absolute Gasteiger partial charge is 0.266 e. The molecule has 4 rings (SSSR count). The largest absolute Gasteiger partial charge is 0.378 e. The van der Waals surface area contributed by atoms with Crippen LogP contribution in [0.25, 0.3) is 0 Å². The first-order valence-electron chi connectivity index (χ1n) is 8.82. The van der Waals surface area contributed by atoms with Crippen molar-refractivity contribution in [2.75, 3.05) is 30.0 Å². The first-order chi connectivity index (χ1) is 13.1. The van der Waals surface area contributed by atoms with Crippen LogP contribution in [0.15, 0.2) is 48.5 Å². The van der Waals surface area contributed by atoms with Crippen molar-refractivity contribution in [2.45, 2.75) is 12.5 Å². The van der Waals surface area contributed by atoms with E-state index in [1.807, 2.05) is 0 Å². The lowest BCUT2D eigenvalue weighted by atomic mass is 10.1. The molecule has 0 bridgehead atoms. The maximum atomic E-state index is 12.6. The van der Waals surface area contributed by atoms with Crippen molar-refractivity contribution in [1.82, 2.24) is 5.32 Å². The van der Waals surface area contributed by atoms with Gasteiger partial charge < -0.3 is 15.4 Å². The first kappa shape index (κ1) is 17.4. The minimum Gasteiger partial charge on any atom is -0.378 e. The molecule has 1 saturated heterocycles. The molecule has 7 nitrogen and oxygen atoms in total. The Morgan fingerprint density at radius 1 is 1.11 bits per heavy atom. The lowest BCUT2D eigenvalue weighted by molar-refractivity contribution is -0.117. The van der Waals surface area contributed by atoms with Crippen molar-refractivity contribution in [3.8, 4) is 0 Å². The van der Waals surface area contributed by atoms with Gasteiger partial charge in [0.25, 0.3) is 11.8 Å². The molecule has 138 valence electrons. The second-order valence-corrected chi connectivity index (χ2v) is 6.52. The van der Waals surface area contributed by atoms with Gasteiger partial charge in [0.2, 0.25) is 5.91 Å². The number of morpholine rings is 1. The Balaban J connectivity index is 1.49. The van der Waals surface area contributed by atoms with Gasteiger partial charge in [-0.05, 0) is 30.3 Å². The summed E-state index contributed by atoms with van der Waals surface area (Å²) < 4.78 is 5.35. The number of anilines is 2. The van der Waals surface area contributed by atoms with Crippen molar-refractivity contribution in [3.05, 3.63) is 59.7 Å². The summed E-state index contributed by atoms with van der Waals surface area (Å²) in [4.78, 5) is 38.6. The van der Waals surface area contributed by atoms with E-state index in [9.17, 15) is 14.4 Å². The Kier molecular flexibility index (Phi) is 4.70. The maximum Gasteiger partial charge on any atom is 0.266 e. The Labute approximate surface area is 156 Å². The first-order valence-corrected chi connectivity index (χ1v) is 8.82. The molecule has 2 heterocycles. The Bertz CT molecular complexity index is 871. The normalized spacial score (nSPS) is 19.1. The molecule has 2 aliphatic heterocycles. The number of ether oxygens (including phenoxy) is 1. The van der Waals surface area contributed by atoms with Gasteiger partial charge in [-0.1, -0.05) is 18.2 Å². The summed E-state index contributed by atoms with van der Waals surface area (Å²) in [7, 11) is 0. The van der Waals surface area contributed by atoms with Gasteiger partial charge >= 0.3 is 0 Å². The number of benzene rings is 2. The van der Waals surface area contributed by atoms with Gasteiger partial charge in [0.1, 0.15) is 0 Å². The molecule has 2 N–H and O–H groups in total. The van der Waals surface area contributed by atoms with Gasteiger partial charge in [-0.15, -0.1) is 0 Å².